The lowest BCUT2D eigenvalue weighted by Crippen LogP contribution is -2.47. The smallest absolute Gasteiger partial charge is 0.293 e. The molecule has 0 saturated heterocycles. The molecule has 3 aromatic rings. The van der Waals surface area contributed by atoms with Crippen LogP contribution < -0.4 is 4.72 Å². The third kappa shape index (κ3) is 3.53. The van der Waals surface area contributed by atoms with Crippen molar-refractivity contribution in [2.45, 2.75) is 34.3 Å². The SMILES string of the molecule is CSc1cnc2c(c1)c(C#N)c(-c1ccc(S(=O)(=O)NC3(C(F)(F)F)CC3)cc1)n2C1=CC=C1. The molecule has 2 aliphatic carbocycles. The minimum absolute atomic E-state index is 0.279. The molecular formula is C23H17F3N4O2S2. The van der Waals surface area contributed by atoms with Crippen molar-refractivity contribution >= 4 is 38.5 Å². The van der Waals surface area contributed by atoms with E-state index in [2.05, 4.69) is 11.1 Å². The van der Waals surface area contributed by atoms with Gasteiger partial charge in [-0.1, -0.05) is 18.2 Å². The zero-order valence-electron chi connectivity index (χ0n) is 17.7. The molecule has 0 aliphatic heterocycles. The van der Waals surface area contributed by atoms with E-state index >= 15 is 0 Å². The summed E-state index contributed by atoms with van der Waals surface area (Å²) in [5.74, 6) is 0. The summed E-state index contributed by atoms with van der Waals surface area (Å²) >= 11 is 1.49. The van der Waals surface area contributed by atoms with Crippen LogP contribution in [0.3, 0.4) is 0 Å². The summed E-state index contributed by atoms with van der Waals surface area (Å²) in [6.07, 6.45) is 3.97. The van der Waals surface area contributed by atoms with Gasteiger partial charge in [0.25, 0.3) is 0 Å². The number of benzene rings is 1. The van der Waals surface area contributed by atoms with Crippen LogP contribution in [0.1, 0.15) is 18.4 Å². The minimum atomic E-state index is -4.66. The highest BCUT2D eigenvalue weighted by Crippen LogP contribution is 2.49. The predicted molar refractivity (Wildman–Crippen MR) is 123 cm³/mol. The van der Waals surface area contributed by atoms with Crippen LogP contribution in [0.5, 0.6) is 0 Å². The fourth-order valence-corrected chi connectivity index (χ4v) is 5.74. The van der Waals surface area contributed by atoms with Crippen molar-refractivity contribution in [3.05, 3.63) is 60.3 Å². The Bertz CT molecular complexity index is 1530. The van der Waals surface area contributed by atoms with Crippen LogP contribution in [-0.4, -0.2) is 35.9 Å². The van der Waals surface area contributed by atoms with Crippen molar-refractivity contribution in [1.29, 1.82) is 5.26 Å². The zero-order chi connectivity index (χ0) is 24.3. The molecule has 0 radical (unpaired) electrons. The van der Waals surface area contributed by atoms with E-state index in [1.807, 2.05) is 39.8 Å². The highest BCUT2D eigenvalue weighted by molar-refractivity contribution is 7.98. The Kier molecular flexibility index (Phi) is 5.16. The lowest BCUT2D eigenvalue weighted by Gasteiger charge is -2.20. The van der Waals surface area contributed by atoms with E-state index in [0.717, 1.165) is 10.6 Å². The number of pyridine rings is 1. The first-order valence-electron chi connectivity index (χ1n) is 10.2. The van der Waals surface area contributed by atoms with Crippen LogP contribution in [0.4, 0.5) is 13.2 Å². The quantitative estimate of drug-likeness (QED) is 0.475. The highest BCUT2D eigenvalue weighted by atomic mass is 32.2. The van der Waals surface area contributed by atoms with Gasteiger partial charge in [0.05, 0.1) is 16.2 Å². The highest BCUT2D eigenvalue weighted by Gasteiger charge is 2.65. The second kappa shape index (κ2) is 7.73. The fraction of sp³-hybridized carbons (Fsp3) is 0.217. The first-order valence-corrected chi connectivity index (χ1v) is 12.9. The Balaban J connectivity index is 1.59. The molecule has 34 heavy (non-hydrogen) atoms. The molecule has 174 valence electrons. The molecule has 1 aromatic carbocycles. The van der Waals surface area contributed by atoms with Crippen molar-refractivity contribution < 1.29 is 21.6 Å². The lowest BCUT2D eigenvalue weighted by atomic mass is 10.1. The van der Waals surface area contributed by atoms with E-state index in [4.69, 9.17) is 0 Å². The van der Waals surface area contributed by atoms with Gasteiger partial charge in [0.2, 0.25) is 10.0 Å². The Morgan fingerprint density at radius 3 is 2.41 bits per heavy atom. The Labute approximate surface area is 197 Å². The second-order valence-electron chi connectivity index (χ2n) is 8.08. The molecule has 2 aromatic heterocycles. The molecule has 5 rings (SSSR count). The number of nitrogens with one attached hydrogen (secondary N) is 1. The number of thioether (sulfide) groups is 1. The summed E-state index contributed by atoms with van der Waals surface area (Å²) in [5.41, 5.74) is 0.447. The van der Waals surface area contributed by atoms with Crippen molar-refractivity contribution in [3.63, 3.8) is 0 Å². The number of nitriles is 1. The topological polar surface area (TPSA) is 87.8 Å². The summed E-state index contributed by atoms with van der Waals surface area (Å²) < 4.78 is 68.7. The molecule has 11 heteroatoms. The molecule has 0 atom stereocenters. The lowest BCUT2D eigenvalue weighted by molar-refractivity contribution is -0.160. The maximum atomic E-state index is 13.2. The molecule has 2 aliphatic rings. The maximum Gasteiger partial charge on any atom is 0.407 e. The van der Waals surface area contributed by atoms with E-state index in [1.165, 1.54) is 36.0 Å². The summed E-state index contributed by atoms with van der Waals surface area (Å²) in [7, 11) is -4.39. The fourth-order valence-electron chi connectivity index (χ4n) is 3.90. The van der Waals surface area contributed by atoms with Gasteiger partial charge >= 0.3 is 6.18 Å². The van der Waals surface area contributed by atoms with Crippen LogP contribution in [0, 0.1) is 11.3 Å². The van der Waals surface area contributed by atoms with Gasteiger partial charge in [-0.05, 0) is 49.4 Å². The normalized spacial score (nSPS) is 16.7. The first kappa shape index (κ1) is 22.7. The van der Waals surface area contributed by atoms with E-state index < -0.39 is 21.7 Å². The summed E-state index contributed by atoms with van der Waals surface area (Å²) in [6.45, 7) is 0. The molecule has 0 unspecified atom stereocenters. The van der Waals surface area contributed by atoms with E-state index in [9.17, 15) is 26.9 Å². The molecule has 6 nitrogen and oxygen atoms in total. The van der Waals surface area contributed by atoms with Crippen LogP contribution in [0.15, 0.2) is 64.5 Å². The number of aromatic nitrogens is 2. The maximum absolute atomic E-state index is 13.2. The van der Waals surface area contributed by atoms with Gasteiger partial charge in [-0.25, -0.2) is 13.4 Å². The number of sulfonamides is 1. The van der Waals surface area contributed by atoms with Gasteiger partial charge in [-0.2, -0.15) is 23.2 Å². The average Bonchev–Trinajstić information content (AvgIpc) is 3.48. The zero-order valence-corrected chi connectivity index (χ0v) is 19.4. The summed E-state index contributed by atoms with van der Waals surface area (Å²) in [5, 5.41) is 10.6. The minimum Gasteiger partial charge on any atom is -0.293 e. The predicted octanol–water partition coefficient (Wildman–Crippen LogP) is 5.08. The molecule has 2 heterocycles. The number of nitrogens with zero attached hydrogens (tertiary/aromatic N) is 3. The number of hydrogen-bond acceptors (Lipinski definition) is 5. The van der Waals surface area contributed by atoms with Crippen molar-refractivity contribution in [2.75, 3.05) is 6.26 Å². The van der Waals surface area contributed by atoms with Crippen LogP contribution >= 0.6 is 11.8 Å². The first-order chi connectivity index (χ1) is 16.1. The molecule has 1 fully saturated rings. The Hall–Kier alpha value is -3.07. The van der Waals surface area contributed by atoms with Crippen molar-refractivity contribution in [1.82, 2.24) is 14.3 Å². The van der Waals surface area contributed by atoms with Gasteiger partial charge in [-0.3, -0.25) is 4.57 Å². The molecule has 0 amide bonds. The number of halogens is 3. The Morgan fingerprint density at radius 1 is 1.24 bits per heavy atom. The second-order valence-corrected chi connectivity index (χ2v) is 10.6. The standard InChI is InChI=1S/C23H17F3N4O2S2/c1-33-16-11-18-19(12-27)20(30(15-3-2-4-15)21(18)28-13-16)14-5-7-17(8-6-14)34(31,32)29-22(9-10-22)23(24,25)26/h2-8,11,13,29H,9-10H2,1H3. The van der Waals surface area contributed by atoms with E-state index in [1.54, 1.807) is 6.20 Å². The largest absolute Gasteiger partial charge is 0.407 e. The van der Waals surface area contributed by atoms with Gasteiger partial charge in [0, 0.05) is 27.7 Å². The van der Waals surface area contributed by atoms with Crippen molar-refractivity contribution in [2.24, 2.45) is 0 Å². The summed E-state index contributed by atoms with van der Waals surface area (Å²) in [4.78, 5) is 5.15. The van der Waals surface area contributed by atoms with Crippen molar-refractivity contribution in [3.8, 4) is 17.3 Å². The Morgan fingerprint density at radius 2 is 1.91 bits per heavy atom. The summed E-state index contributed by atoms with van der Waals surface area (Å²) in [6, 6.07) is 9.60. The van der Waals surface area contributed by atoms with Gasteiger partial charge < -0.3 is 0 Å². The average molecular weight is 503 g/mol. The van der Waals surface area contributed by atoms with Crippen LogP contribution in [0.2, 0.25) is 0 Å². The van der Waals surface area contributed by atoms with E-state index in [0.29, 0.717) is 27.9 Å². The number of alkyl halides is 3. The van der Waals surface area contributed by atoms with Crippen LogP contribution in [0.25, 0.3) is 28.0 Å². The third-order valence-corrected chi connectivity index (χ3v) is 8.23. The van der Waals surface area contributed by atoms with Gasteiger partial charge in [0.1, 0.15) is 17.3 Å². The molecule has 0 spiro atoms. The molecular weight excluding hydrogens is 485 g/mol. The molecule has 1 saturated carbocycles. The number of hydrogen-bond donors (Lipinski definition) is 1. The van der Waals surface area contributed by atoms with Gasteiger partial charge in [0.15, 0.2) is 0 Å². The van der Waals surface area contributed by atoms with Gasteiger partial charge in [-0.15, -0.1) is 11.8 Å². The monoisotopic (exact) mass is 502 g/mol. The number of rotatable bonds is 6. The van der Waals surface area contributed by atoms with E-state index in [-0.39, 0.29) is 17.7 Å². The number of allylic oxidation sites excluding steroid dienone is 4. The molecule has 1 N–H and O–H groups in total. The molecule has 0 bridgehead atoms. The number of fused-ring (bicyclic) bond motifs is 1. The third-order valence-electron chi connectivity index (χ3n) is 5.98. The van der Waals surface area contributed by atoms with Crippen LogP contribution in [-0.2, 0) is 10.0 Å².